The van der Waals surface area contributed by atoms with E-state index in [0.29, 0.717) is 35.3 Å². The van der Waals surface area contributed by atoms with Crippen LogP contribution in [0.5, 0.6) is 0 Å². The first-order chi connectivity index (χ1) is 9.37. The Morgan fingerprint density at radius 2 is 2.10 bits per heavy atom. The normalized spacial score (nSPS) is 16.3. The molecule has 0 bridgehead atoms. The van der Waals surface area contributed by atoms with Crippen LogP contribution in [0, 0.1) is 12.8 Å². The number of aromatic nitrogens is 2. The van der Waals surface area contributed by atoms with Gasteiger partial charge in [0, 0.05) is 19.1 Å². The van der Waals surface area contributed by atoms with E-state index in [9.17, 15) is 8.42 Å². The van der Waals surface area contributed by atoms with Gasteiger partial charge in [-0.3, -0.25) is 5.10 Å². The molecule has 0 aromatic carbocycles. The maximum atomic E-state index is 13.0. The second-order valence-electron chi connectivity index (χ2n) is 5.85. The fraction of sp³-hybridized carbons (Fsp3) is 0.769. The largest absolute Gasteiger partial charge is 0.314 e. The van der Waals surface area contributed by atoms with Gasteiger partial charge in [-0.15, -0.1) is 0 Å². The topological polar surface area (TPSA) is 78.1 Å². The highest BCUT2D eigenvalue weighted by atomic mass is 32.2. The Morgan fingerprint density at radius 3 is 2.60 bits per heavy atom. The maximum absolute atomic E-state index is 13.0. The molecule has 1 saturated carbocycles. The molecular weight excluding hydrogens is 276 g/mol. The lowest BCUT2D eigenvalue weighted by Crippen LogP contribution is -2.36. The lowest BCUT2D eigenvalue weighted by atomic mass is 10.2. The van der Waals surface area contributed by atoms with Crippen molar-refractivity contribution in [1.29, 1.82) is 0 Å². The fourth-order valence-corrected chi connectivity index (χ4v) is 4.56. The predicted molar refractivity (Wildman–Crippen MR) is 77.8 cm³/mol. The molecule has 2 N–H and O–H groups in total. The molecule has 1 aromatic heterocycles. The summed E-state index contributed by atoms with van der Waals surface area (Å²) in [7, 11) is -1.69. The number of sulfonamides is 1. The lowest BCUT2D eigenvalue weighted by Gasteiger charge is -2.24. The smallest absolute Gasteiger partial charge is 0.247 e. The van der Waals surface area contributed by atoms with Crippen LogP contribution in [0.2, 0.25) is 0 Å². The van der Waals surface area contributed by atoms with Crippen LogP contribution in [-0.2, 0) is 16.6 Å². The van der Waals surface area contributed by atoms with Crippen LogP contribution < -0.4 is 5.32 Å². The average Bonchev–Trinajstić information content (AvgIpc) is 3.11. The summed E-state index contributed by atoms with van der Waals surface area (Å²) in [5.41, 5.74) is 1.18. The van der Waals surface area contributed by atoms with Gasteiger partial charge in [-0.2, -0.15) is 9.40 Å². The minimum absolute atomic E-state index is 0.166. The first kappa shape index (κ1) is 15.5. The Bertz CT molecular complexity index is 561. The van der Waals surface area contributed by atoms with E-state index in [1.165, 1.54) is 0 Å². The van der Waals surface area contributed by atoms with Gasteiger partial charge in [-0.05, 0) is 32.7 Å². The molecule has 0 aliphatic heterocycles. The van der Waals surface area contributed by atoms with Crippen LogP contribution in [0.4, 0.5) is 0 Å². The summed E-state index contributed by atoms with van der Waals surface area (Å²) in [6, 6.07) is 0.166. The minimum Gasteiger partial charge on any atom is -0.314 e. The van der Waals surface area contributed by atoms with Crippen molar-refractivity contribution in [2.75, 3.05) is 13.6 Å². The number of aryl methyl sites for hydroxylation is 1. The van der Waals surface area contributed by atoms with Gasteiger partial charge < -0.3 is 5.32 Å². The quantitative estimate of drug-likeness (QED) is 0.794. The van der Waals surface area contributed by atoms with E-state index >= 15 is 0 Å². The van der Waals surface area contributed by atoms with Crippen LogP contribution in [-0.4, -0.2) is 42.6 Å². The number of hydrogen-bond acceptors (Lipinski definition) is 4. The number of H-pyrrole nitrogens is 1. The Morgan fingerprint density at radius 1 is 1.45 bits per heavy atom. The fourth-order valence-electron chi connectivity index (χ4n) is 2.38. The van der Waals surface area contributed by atoms with Crippen molar-refractivity contribution in [2.24, 2.45) is 5.92 Å². The molecule has 114 valence electrons. The van der Waals surface area contributed by atoms with Crippen molar-refractivity contribution in [2.45, 2.75) is 51.1 Å². The van der Waals surface area contributed by atoms with Crippen LogP contribution in [0.15, 0.2) is 4.90 Å². The summed E-state index contributed by atoms with van der Waals surface area (Å²) in [5.74, 6) is 0.310. The second-order valence-corrected chi connectivity index (χ2v) is 7.68. The van der Waals surface area contributed by atoms with E-state index in [2.05, 4.69) is 15.5 Å². The zero-order valence-corrected chi connectivity index (χ0v) is 13.4. The van der Waals surface area contributed by atoms with Gasteiger partial charge in [0.1, 0.15) is 4.90 Å². The van der Waals surface area contributed by atoms with Gasteiger partial charge in [0.15, 0.2) is 0 Å². The van der Waals surface area contributed by atoms with Crippen LogP contribution in [0.3, 0.4) is 0 Å². The van der Waals surface area contributed by atoms with Crippen molar-refractivity contribution in [3.05, 3.63) is 11.4 Å². The number of rotatable bonds is 7. The molecule has 0 saturated heterocycles. The highest BCUT2D eigenvalue weighted by Gasteiger charge is 2.40. The van der Waals surface area contributed by atoms with Gasteiger partial charge in [-0.25, -0.2) is 8.42 Å². The summed E-state index contributed by atoms with van der Waals surface area (Å²) < 4.78 is 27.6. The number of nitrogens with one attached hydrogen (secondary N) is 2. The number of nitrogens with zero attached hydrogens (tertiary/aromatic N) is 2. The number of aromatic amines is 1. The van der Waals surface area contributed by atoms with E-state index in [1.54, 1.807) is 18.3 Å². The summed E-state index contributed by atoms with van der Waals surface area (Å²) in [6.45, 7) is 6.86. The van der Waals surface area contributed by atoms with Crippen molar-refractivity contribution in [3.63, 3.8) is 0 Å². The molecule has 0 atom stereocenters. The summed E-state index contributed by atoms with van der Waals surface area (Å²) in [4.78, 5) is 0.347. The molecule has 20 heavy (non-hydrogen) atoms. The second kappa shape index (κ2) is 5.83. The minimum atomic E-state index is -3.47. The van der Waals surface area contributed by atoms with Crippen molar-refractivity contribution < 1.29 is 8.42 Å². The van der Waals surface area contributed by atoms with Crippen molar-refractivity contribution in [1.82, 2.24) is 19.8 Å². The first-order valence-electron chi connectivity index (χ1n) is 7.08. The third kappa shape index (κ3) is 3.05. The zero-order chi connectivity index (χ0) is 14.9. The van der Waals surface area contributed by atoms with Crippen LogP contribution in [0.25, 0.3) is 0 Å². The van der Waals surface area contributed by atoms with Crippen molar-refractivity contribution in [3.8, 4) is 0 Å². The SMILES string of the molecule is CNCc1n[nH]c(C)c1S(=O)(=O)N(CC(C)C)C1CC1. The Labute approximate surface area is 121 Å². The van der Waals surface area contributed by atoms with Gasteiger partial charge in [-0.1, -0.05) is 13.8 Å². The molecule has 1 fully saturated rings. The summed E-state index contributed by atoms with van der Waals surface area (Å²) >= 11 is 0. The maximum Gasteiger partial charge on any atom is 0.247 e. The molecule has 6 nitrogen and oxygen atoms in total. The van der Waals surface area contributed by atoms with E-state index < -0.39 is 10.0 Å². The molecule has 1 aliphatic rings. The molecule has 7 heteroatoms. The first-order valence-corrected chi connectivity index (χ1v) is 8.52. The predicted octanol–water partition coefficient (Wildman–Crippen LogP) is 1.25. The molecule has 0 unspecified atom stereocenters. The molecular formula is C13H24N4O2S. The zero-order valence-electron chi connectivity index (χ0n) is 12.6. The van der Waals surface area contributed by atoms with Gasteiger partial charge in [0.25, 0.3) is 0 Å². The van der Waals surface area contributed by atoms with E-state index in [-0.39, 0.29) is 6.04 Å². The number of hydrogen-bond donors (Lipinski definition) is 2. The van der Waals surface area contributed by atoms with Crippen molar-refractivity contribution >= 4 is 10.0 Å². The molecule has 1 aliphatic carbocycles. The summed E-state index contributed by atoms with van der Waals surface area (Å²) in [5, 5.41) is 9.89. The monoisotopic (exact) mass is 300 g/mol. The Kier molecular flexibility index (Phi) is 4.51. The van der Waals surface area contributed by atoms with E-state index in [4.69, 9.17) is 0 Å². The highest BCUT2D eigenvalue weighted by Crippen LogP contribution is 2.34. The van der Waals surface area contributed by atoms with Crippen LogP contribution >= 0.6 is 0 Å². The Balaban J connectivity index is 2.39. The standard InChI is InChI=1S/C13H24N4O2S/c1-9(2)8-17(11-5-6-11)20(18,19)13-10(3)15-16-12(13)7-14-4/h9,11,14H,5-8H2,1-4H3,(H,15,16). The van der Waals surface area contributed by atoms with E-state index in [0.717, 1.165) is 12.8 Å². The Hall–Kier alpha value is -0.920. The third-order valence-electron chi connectivity index (χ3n) is 3.37. The molecule has 0 amide bonds. The van der Waals surface area contributed by atoms with Gasteiger partial charge in [0.05, 0.1) is 11.4 Å². The molecule has 1 heterocycles. The van der Waals surface area contributed by atoms with Gasteiger partial charge in [0.2, 0.25) is 10.0 Å². The molecule has 2 rings (SSSR count). The average molecular weight is 300 g/mol. The molecule has 0 spiro atoms. The lowest BCUT2D eigenvalue weighted by molar-refractivity contribution is 0.359. The van der Waals surface area contributed by atoms with Gasteiger partial charge >= 0.3 is 0 Å². The summed E-state index contributed by atoms with van der Waals surface area (Å²) in [6.07, 6.45) is 1.93. The molecule has 0 radical (unpaired) electrons. The van der Waals surface area contributed by atoms with Crippen LogP contribution in [0.1, 0.15) is 38.1 Å². The third-order valence-corrected chi connectivity index (χ3v) is 5.49. The highest BCUT2D eigenvalue weighted by molar-refractivity contribution is 7.89. The molecule has 1 aromatic rings. The van der Waals surface area contributed by atoms with E-state index in [1.807, 2.05) is 13.8 Å².